The predicted octanol–water partition coefficient (Wildman–Crippen LogP) is 3.64. The number of benzene rings is 2. The summed E-state index contributed by atoms with van der Waals surface area (Å²) in [4.78, 5) is 32.8. The van der Waals surface area contributed by atoms with Crippen molar-refractivity contribution in [1.82, 2.24) is 10.2 Å². The number of terminal acetylenes is 1. The van der Waals surface area contributed by atoms with Gasteiger partial charge in [0.15, 0.2) is 5.96 Å². The molecule has 2 aromatic carbocycles. The zero-order valence-electron chi connectivity index (χ0n) is 20.9. The van der Waals surface area contributed by atoms with Crippen LogP contribution >= 0.6 is 0 Å². The first-order valence-corrected chi connectivity index (χ1v) is 12.6. The van der Waals surface area contributed by atoms with E-state index in [4.69, 9.17) is 17.1 Å². The molecule has 0 saturated carbocycles. The molecule has 7 nitrogen and oxygen atoms in total. The van der Waals surface area contributed by atoms with E-state index in [0.717, 1.165) is 29.5 Å². The van der Waals surface area contributed by atoms with Gasteiger partial charge in [-0.1, -0.05) is 50.2 Å². The molecule has 1 heterocycles. The Labute approximate surface area is 212 Å². The summed E-state index contributed by atoms with van der Waals surface area (Å²) < 4.78 is 0. The van der Waals surface area contributed by atoms with E-state index in [1.54, 1.807) is 18.2 Å². The van der Waals surface area contributed by atoms with Crippen LogP contribution in [0.25, 0.3) is 0 Å². The predicted molar refractivity (Wildman–Crippen MR) is 140 cm³/mol. The van der Waals surface area contributed by atoms with Gasteiger partial charge >= 0.3 is 0 Å². The van der Waals surface area contributed by atoms with Crippen molar-refractivity contribution in [2.45, 2.75) is 76.1 Å². The first-order valence-electron chi connectivity index (χ1n) is 12.6. The zero-order chi connectivity index (χ0) is 25.9. The van der Waals surface area contributed by atoms with E-state index >= 15 is 0 Å². The average molecular weight is 487 g/mol. The number of guanidine groups is 1. The Bertz CT molecular complexity index is 1210. The lowest BCUT2D eigenvalue weighted by Gasteiger charge is -2.40. The molecule has 1 unspecified atom stereocenters. The number of nitrogens with two attached hydrogens (primary N) is 1. The molecule has 1 aliphatic heterocycles. The molecule has 0 saturated heterocycles. The monoisotopic (exact) mass is 486 g/mol. The van der Waals surface area contributed by atoms with E-state index in [1.807, 2.05) is 44.2 Å². The van der Waals surface area contributed by atoms with Crippen molar-refractivity contribution >= 4 is 17.8 Å². The number of aliphatic hydroxyl groups is 1. The highest BCUT2D eigenvalue weighted by Gasteiger charge is 2.40. The van der Waals surface area contributed by atoms with Gasteiger partial charge in [-0.3, -0.25) is 14.5 Å². The number of hydrogen-bond donors (Lipinski definition) is 3. The summed E-state index contributed by atoms with van der Waals surface area (Å²) in [5.74, 6) is 2.46. The summed E-state index contributed by atoms with van der Waals surface area (Å²) in [6.45, 7) is 4.03. The fourth-order valence-electron chi connectivity index (χ4n) is 5.35. The molecule has 4 N–H and O–H groups in total. The minimum atomic E-state index is -0.683. The van der Waals surface area contributed by atoms with E-state index in [-0.39, 0.29) is 24.2 Å². The molecule has 2 amide bonds. The maximum absolute atomic E-state index is 13.3. The first kappa shape index (κ1) is 25.5. The van der Waals surface area contributed by atoms with Crippen LogP contribution in [0.5, 0.6) is 0 Å². The maximum atomic E-state index is 13.3. The van der Waals surface area contributed by atoms with Crippen molar-refractivity contribution < 1.29 is 14.7 Å². The number of aliphatic imine (C=N–C) groups is 1. The molecule has 0 spiro atoms. The maximum Gasteiger partial charge on any atom is 0.251 e. The smallest absolute Gasteiger partial charge is 0.251 e. The lowest BCUT2D eigenvalue weighted by Crippen LogP contribution is -2.52. The molecule has 4 rings (SSSR count). The molecule has 0 fully saturated rings. The first-order chi connectivity index (χ1) is 17.3. The van der Waals surface area contributed by atoms with Gasteiger partial charge in [0.05, 0.1) is 30.1 Å². The van der Waals surface area contributed by atoms with Gasteiger partial charge in [-0.15, -0.1) is 12.3 Å². The molecule has 0 radical (unpaired) electrons. The highest BCUT2D eigenvalue weighted by Crippen LogP contribution is 2.35. The van der Waals surface area contributed by atoms with E-state index in [0.29, 0.717) is 24.8 Å². The van der Waals surface area contributed by atoms with Crippen molar-refractivity contribution in [2.24, 2.45) is 10.7 Å². The van der Waals surface area contributed by atoms with Gasteiger partial charge in [0, 0.05) is 18.4 Å². The summed E-state index contributed by atoms with van der Waals surface area (Å²) in [5.41, 5.74) is 9.05. The van der Waals surface area contributed by atoms with Gasteiger partial charge in [-0.25, -0.2) is 4.99 Å². The van der Waals surface area contributed by atoms with Crippen LogP contribution in [0, 0.1) is 12.3 Å². The van der Waals surface area contributed by atoms with Crippen molar-refractivity contribution in [3.05, 3.63) is 70.8 Å². The van der Waals surface area contributed by atoms with E-state index in [9.17, 15) is 14.7 Å². The Morgan fingerprint density at radius 2 is 2.03 bits per heavy atom. The van der Waals surface area contributed by atoms with Crippen LogP contribution in [0.4, 0.5) is 0 Å². The van der Waals surface area contributed by atoms with Crippen LogP contribution < -0.4 is 11.1 Å². The van der Waals surface area contributed by atoms with Crippen LogP contribution in [-0.4, -0.2) is 39.4 Å². The van der Waals surface area contributed by atoms with Gasteiger partial charge in [-0.2, -0.15) is 0 Å². The van der Waals surface area contributed by atoms with E-state index in [1.165, 1.54) is 4.90 Å². The second-order valence-corrected chi connectivity index (χ2v) is 9.65. The van der Waals surface area contributed by atoms with E-state index < -0.39 is 23.7 Å². The second-order valence-electron chi connectivity index (χ2n) is 9.65. The Morgan fingerprint density at radius 3 is 2.72 bits per heavy atom. The number of amides is 2. The summed E-state index contributed by atoms with van der Waals surface area (Å²) in [7, 11) is 0. The molecule has 7 heteroatoms. The van der Waals surface area contributed by atoms with Gasteiger partial charge in [0.1, 0.15) is 0 Å². The number of hydrogen-bond acceptors (Lipinski definition) is 5. The third-order valence-corrected chi connectivity index (χ3v) is 7.56. The highest BCUT2D eigenvalue weighted by atomic mass is 16.3. The van der Waals surface area contributed by atoms with Crippen LogP contribution in [-0.2, 0) is 11.2 Å². The molecule has 0 bridgehead atoms. The normalized spacial score (nSPS) is 21.3. The number of nitrogens with one attached hydrogen (secondary N) is 1. The molecule has 1 aliphatic carbocycles. The summed E-state index contributed by atoms with van der Waals surface area (Å²) in [6.07, 6.45) is 8.05. The molecule has 2 aliphatic rings. The number of nitrogens with zero attached hydrogens (tertiary/aromatic N) is 2. The Hall–Kier alpha value is -3.63. The third-order valence-electron chi connectivity index (χ3n) is 7.56. The summed E-state index contributed by atoms with van der Waals surface area (Å²) in [6, 6.07) is 14.0. The molecular formula is C29H34N4O3. The minimum Gasteiger partial charge on any atom is -0.390 e. The van der Waals surface area contributed by atoms with Gasteiger partial charge in [0.25, 0.3) is 5.91 Å². The number of carbonyl (C=O) groups excluding carboxylic acids is 2. The van der Waals surface area contributed by atoms with Crippen LogP contribution in [0.15, 0.2) is 53.5 Å². The molecule has 0 aromatic heterocycles. The Morgan fingerprint density at radius 1 is 1.28 bits per heavy atom. The summed E-state index contributed by atoms with van der Waals surface area (Å²) in [5, 5.41) is 13.5. The van der Waals surface area contributed by atoms with Gasteiger partial charge in [0.2, 0.25) is 5.91 Å². The lowest BCUT2D eigenvalue weighted by atomic mass is 9.87. The summed E-state index contributed by atoms with van der Waals surface area (Å²) >= 11 is 0. The average Bonchev–Trinajstić information content (AvgIpc) is 3.20. The number of rotatable bonds is 8. The standard InChI is InChI=1S/C29H34N4O3/c1-4-7-15-23(33-25(35)18-29(5-2,6-3)32-28(33)30)20-12-10-13-21(16-20)27(36)31-26-22-14-9-8-11-19(22)17-24(26)34/h1,8-14,16,23-24,26,34H,5-7,15,17-18H2,2-3H3,(H2,30,32)(H,31,36)/t23?,24-,26-/m1/s1. The fourth-order valence-corrected chi connectivity index (χ4v) is 5.35. The van der Waals surface area contributed by atoms with Gasteiger partial charge < -0.3 is 16.2 Å². The SMILES string of the molecule is C#CCCC(c1cccc(C(=O)N[C@@H]2c3ccccc3C[C@H]2O)c1)N1C(=O)CC(CC)(CC)N=C1N. The number of fused-ring (bicyclic) bond motifs is 1. The van der Waals surface area contributed by atoms with Crippen molar-refractivity contribution in [3.8, 4) is 12.3 Å². The van der Waals surface area contributed by atoms with Crippen LogP contribution in [0.2, 0.25) is 0 Å². The third kappa shape index (κ3) is 4.87. The van der Waals surface area contributed by atoms with Crippen molar-refractivity contribution in [2.75, 3.05) is 0 Å². The minimum absolute atomic E-state index is 0.0891. The molecule has 36 heavy (non-hydrogen) atoms. The molecule has 3 atom stereocenters. The second kappa shape index (κ2) is 10.5. The molecular weight excluding hydrogens is 452 g/mol. The van der Waals surface area contributed by atoms with E-state index in [2.05, 4.69) is 11.2 Å². The van der Waals surface area contributed by atoms with Crippen LogP contribution in [0.1, 0.15) is 85.1 Å². The Kier molecular flexibility index (Phi) is 7.46. The quantitative estimate of drug-likeness (QED) is 0.495. The fraction of sp³-hybridized carbons (Fsp3) is 0.414. The van der Waals surface area contributed by atoms with Gasteiger partial charge in [-0.05, 0) is 48.1 Å². The Balaban J connectivity index is 1.62. The zero-order valence-corrected chi connectivity index (χ0v) is 20.9. The largest absolute Gasteiger partial charge is 0.390 e. The molecule has 188 valence electrons. The topological polar surface area (TPSA) is 108 Å². The number of aliphatic hydroxyl groups excluding tert-OH is 1. The van der Waals surface area contributed by atoms with Crippen molar-refractivity contribution in [1.29, 1.82) is 0 Å². The van der Waals surface area contributed by atoms with Crippen LogP contribution in [0.3, 0.4) is 0 Å². The number of carbonyl (C=O) groups is 2. The van der Waals surface area contributed by atoms with Crippen molar-refractivity contribution in [3.63, 3.8) is 0 Å². The highest BCUT2D eigenvalue weighted by molar-refractivity contribution is 6.00. The lowest BCUT2D eigenvalue weighted by molar-refractivity contribution is -0.131. The molecule has 2 aromatic rings.